The van der Waals surface area contributed by atoms with Crippen molar-refractivity contribution in [3.05, 3.63) is 87.9 Å². The zero-order chi connectivity index (χ0) is 24.3. The highest BCUT2D eigenvalue weighted by atomic mass is 35.5. The van der Waals surface area contributed by atoms with Crippen molar-refractivity contribution in [1.82, 2.24) is 4.57 Å². The van der Waals surface area contributed by atoms with Crippen molar-refractivity contribution in [2.45, 2.75) is 11.4 Å². The number of fused-ring (bicyclic) bond motifs is 1. The molecule has 0 unspecified atom stereocenters. The number of hydrogen-bond acceptors (Lipinski definition) is 5. The smallest absolute Gasteiger partial charge is 0.279 e. The molecule has 1 heterocycles. The lowest BCUT2D eigenvalue weighted by molar-refractivity contribution is 0.0997. The summed E-state index contributed by atoms with van der Waals surface area (Å²) in [4.78, 5) is 17.5. The summed E-state index contributed by atoms with van der Waals surface area (Å²) < 4.78 is 48.8. The van der Waals surface area contributed by atoms with Crippen molar-refractivity contribution in [2.75, 3.05) is 18.4 Å². The fourth-order valence-corrected chi connectivity index (χ4v) is 5.46. The average Bonchev–Trinajstić information content (AvgIpc) is 3.13. The molecule has 1 N–H and O–H groups in total. The summed E-state index contributed by atoms with van der Waals surface area (Å²) in [7, 11) is -2.24. The number of benzene rings is 3. The number of nitrogens with zero attached hydrogens (tertiary/aromatic N) is 2. The Bertz CT molecular complexity index is 1510. The maximum Gasteiger partial charge on any atom is 0.279 e. The topological polar surface area (TPSA) is 89.8 Å². The van der Waals surface area contributed by atoms with Crippen molar-refractivity contribution < 1.29 is 22.3 Å². The van der Waals surface area contributed by atoms with Gasteiger partial charge in [-0.15, -0.1) is 0 Å². The van der Waals surface area contributed by atoms with Crippen LogP contribution in [0.1, 0.15) is 10.4 Å². The van der Waals surface area contributed by atoms with Crippen LogP contribution in [0, 0.1) is 5.82 Å². The highest BCUT2D eigenvalue weighted by molar-refractivity contribution is 7.92. The predicted molar refractivity (Wildman–Crippen MR) is 130 cm³/mol. The number of thiazole rings is 1. The number of carbonyl (C=O) groups is 1. The summed E-state index contributed by atoms with van der Waals surface area (Å²) in [6.45, 7) is 0.840. The summed E-state index contributed by atoms with van der Waals surface area (Å²) >= 11 is 7.01. The van der Waals surface area contributed by atoms with Crippen LogP contribution in [0.4, 0.5) is 10.1 Å². The molecule has 0 fully saturated rings. The number of aromatic nitrogens is 1. The second-order valence-corrected chi connectivity index (χ2v) is 10.3. The Hall–Kier alpha value is -3.05. The molecule has 0 radical (unpaired) electrons. The van der Waals surface area contributed by atoms with E-state index in [0.29, 0.717) is 33.4 Å². The van der Waals surface area contributed by atoms with Gasteiger partial charge in [-0.1, -0.05) is 22.9 Å². The standard InChI is InChI=1S/C23H19ClFN3O4S2/c1-32-13-12-28-20-11-6-17(25)14-21(20)33-23(28)26-22(29)15-2-7-18(8-3-15)27-34(30,31)19-9-4-16(24)5-10-19/h2-11,14,27H,12-13H2,1H3. The molecule has 0 aliphatic carbocycles. The number of nitrogens with one attached hydrogen (secondary N) is 1. The van der Waals surface area contributed by atoms with Gasteiger partial charge in [0, 0.05) is 29.9 Å². The van der Waals surface area contributed by atoms with Crippen LogP contribution in [0.3, 0.4) is 0 Å². The normalized spacial score (nSPS) is 12.3. The molecule has 4 rings (SSSR count). The number of halogens is 2. The third-order valence-corrected chi connectivity index (χ3v) is 7.56. The van der Waals surface area contributed by atoms with Crippen molar-refractivity contribution >= 4 is 54.8 Å². The molecule has 1 amide bonds. The van der Waals surface area contributed by atoms with Crippen molar-refractivity contribution in [2.24, 2.45) is 4.99 Å². The van der Waals surface area contributed by atoms with Crippen LogP contribution in [0.25, 0.3) is 10.2 Å². The number of hydrogen-bond donors (Lipinski definition) is 1. The first-order valence-electron chi connectivity index (χ1n) is 10.0. The lowest BCUT2D eigenvalue weighted by atomic mass is 10.2. The summed E-state index contributed by atoms with van der Waals surface area (Å²) in [6, 6.07) is 16.1. The molecule has 0 spiro atoms. The highest BCUT2D eigenvalue weighted by Gasteiger charge is 2.15. The molecule has 0 aliphatic heterocycles. The van der Waals surface area contributed by atoms with Gasteiger partial charge in [0.25, 0.3) is 15.9 Å². The van der Waals surface area contributed by atoms with Gasteiger partial charge in [0.15, 0.2) is 4.80 Å². The molecule has 0 saturated heterocycles. The first kappa shape index (κ1) is 24.1. The summed E-state index contributed by atoms with van der Waals surface area (Å²) in [5.41, 5.74) is 1.32. The Morgan fingerprint density at radius 3 is 2.50 bits per heavy atom. The number of sulfonamides is 1. The molecular formula is C23H19ClFN3O4S2. The van der Waals surface area contributed by atoms with Gasteiger partial charge in [0.2, 0.25) is 0 Å². The molecule has 7 nitrogen and oxygen atoms in total. The van der Waals surface area contributed by atoms with E-state index >= 15 is 0 Å². The molecule has 11 heteroatoms. The van der Waals surface area contributed by atoms with Crippen molar-refractivity contribution in [1.29, 1.82) is 0 Å². The average molecular weight is 520 g/mol. The molecule has 0 aliphatic rings. The van der Waals surface area contributed by atoms with E-state index in [4.69, 9.17) is 16.3 Å². The minimum Gasteiger partial charge on any atom is -0.383 e. The molecule has 1 aromatic heterocycles. The molecule has 0 bridgehead atoms. The van der Waals surface area contributed by atoms with E-state index < -0.39 is 15.9 Å². The lowest BCUT2D eigenvalue weighted by Crippen LogP contribution is -2.19. The van der Waals surface area contributed by atoms with Gasteiger partial charge in [-0.05, 0) is 66.7 Å². The second-order valence-electron chi connectivity index (χ2n) is 7.19. The maximum atomic E-state index is 13.7. The number of amides is 1. The summed E-state index contributed by atoms with van der Waals surface area (Å²) in [6.07, 6.45) is 0. The van der Waals surface area contributed by atoms with Gasteiger partial charge in [-0.25, -0.2) is 12.8 Å². The van der Waals surface area contributed by atoms with Crippen LogP contribution < -0.4 is 9.52 Å². The Morgan fingerprint density at radius 1 is 1.12 bits per heavy atom. The Labute approximate surface area is 204 Å². The van der Waals surface area contributed by atoms with Crippen LogP contribution in [0.5, 0.6) is 0 Å². The largest absolute Gasteiger partial charge is 0.383 e. The fraction of sp³-hybridized carbons (Fsp3) is 0.130. The number of carbonyl (C=O) groups excluding carboxylic acids is 1. The molecular weight excluding hydrogens is 501 g/mol. The maximum absolute atomic E-state index is 13.7. The number of methoxy groups -OCH3 is 1. The minimum atomic E-state index is -3.81. The highest BCUT2D eigenvalue weighted by Crippen LogP contribution is 2.20. The van der Waals surface area contributed by atoms with Crippen LogP contribution >= 0.6 is 22.9 Å². The van der Waals surface area contributed by atoms with E-state index in [0.717, 1.165) is 5.52 Å². The molecule has 34 heavy (non-hydrogen) atoms. The molecule has 176 valence electrons. The zero-order valence-electron chi connectivity index (χ0n) is 17.9. The van der Waals surface area contributed by atoms with E-state index in [1.54, 1.807) is 17.7 Å². The lowest BCUT2D eigenvalue weighted by Gasteiger charge is -2.08. The molecule has 4 aromatic rings. The number of rotatable bonds is 7. The van der Waals surface area contributed by atoms with Gasteiger partial charge in [-0.3, -0.25) is 9.52 Å². The first-order chi connectivity index (χ1) is 16.3. The molecule has 0 saturated carbocycles. The third kappa shape index (κ3) is 5.36. The van der Waals surface area contributed by atoms with E-state index in [9.17, 15) is 17.6 Å². The Morgan fingerprint density at radius 2 is 1.82 bits per heavy atom. The van der Waals surface area contributed by atoms with Crippen LogP contribution in [-0.2, 0) is 21.3 Å². The predicted octanol–water partition coefficient (Wildman–Crippen LogP) is 4.68. The second kappa shape index (κ2) is 10.1. The van der Waals surface area contributed by atoms with Crippen LogP contribution in [-0.4, -0.2) is 32.6 Å². The van der Waals surface area contributed by atoms with Gasteiger partial charge in [0.05, 0.1) is 21.7 Å². The van der Waals surface area contributed by atoms with Crippen molar-refractivity contribution in [3.63, 3.8) is 0 Å². The van der Waals surface area contributed by atoms with Crippen LogP contribution in [0.15, 0.2) is 76.6 Å². The Kier molecular flexibility index (Phi) is 7.13. The fourth-order valence-electron chi connectivity index (χ4n) is 3.19. The summed E-state index contributed by atoms with van der Waals surface area (Å²) in [5, 5.41) is 0.429. The zero-order valence-corrected chi connectivity index (χ0v) is 20.3. The molecule has 0 atom stereocenters. The summed E-state index contributed by atoms with van der Waals surface area (Å²) in [5.74, 6) is -0.882. The SMILES string of the molecule is COCCn1c(=NC(=O)c2ccc(NS(=O)(=O)c3ccc(Cl)cc3)cc2)sc2cc(F)ccc21. The van der Waals surface area contributed by atoms with E-state index in [1.807, 2.05) is 0 Å². The van der Waals surface area contributed by atoms with E-state index in [-0.39, 0.29) is 16.3 Å². The van der Waals surface area contributed by atoms with Gasteiger partial charge in [-0.2, -0.15) is 4.99 Å². The Balaban J connectivity index is 1.59. The quantitative estimate of drug-likeness (QED) is 0.384. The van der Waals surface area contributed by atoms with Crippen LogP contribution in [0.2, 0.25) is 5.02 Å². The van der Waals surface area contributed by atoms with E-state index in [2.05, 4.69) is 9.71 Å². The monoisotopic (exact) mass is 519 g/mol. The van der Waals surface area contributed by atoms with Gasteiger partial charge >= 0.3 is 0 Å². The van der Waals surface area contributed by atoms with Gasteiger partial charge < -0.3 is 9.30 Å². The minimum absolute atomic E-state index is 0.0638. The van der Waals surface area contributed by atoms with E-state index in [1.165, 1.54) is 72.0 Å². The number of ether oxygens (including phenoxy) is 1. The molecule has 3 aromatic carbocycles. The van der Waals surface area contributed by atoms with Gasteiger partial charge in [0.1, 0.15) is 5.82 Å². The van der Waals surface area contributed by atoms with Crippen molar-refractivity contribution in [3.8, 4) is 0 Å². The third-order valence-electron chi connectivity index (χ3n) is 4.87. The number of anilines is 1. The first-order valence-corrected chi connectivity index (χ1v) is 12.7.